The van der Waals surface area contributed by atoms with E-state index < -0.39 is 0 Å². The van der Waals surface area contributed by atoms with Gasteiger partial charge in [0.25, 0.3) is 0 Å². The number of hydrogen-bond acceptors (Lipinski definition) is 4. The lowest BCUT2D eigenvalue weighted by Crippen LogP contribution is -2.13. The Morgan fingerprint density at radius 3 is 3.00 bits per heavy atom. The molecule has 90 valence electrons. The quantitative estimate of drug-likeness (QED) is 0.878. The van der Waals surface area contributed by atoms with Gasteiger partial charge in [-0.25, -0.2) is 0 Å². The topological polar surface area (TPSA) is 61.3 Å². The van der Waals surface area contributed by atoms with Crippen molar-refractivity contribution in [1.82, 2.24) is 4.98 Å². The normalized spacial score (nSPS) is 12.4. The van der Waals surface area contributed by atoms with Crippen LogP contribution < -0.4 is 10.5 Å². The van der Waals surface area contributed by atoms with Crippen molar-refractivity contribution in [3.05, 3.63) is 47.7 Å². The van der Waals surface area contributed by atoms with Crippen LogP contribution in [0.4, 0.5) is 0 Å². The van der Waals surface area contributed by atoms with Gasteiger partial charge in [-0.1, -0.05) is 6.92 Å². The van der Waals surface area contributed by atoms with Gasteiger partial charge in [0.15, 0.2) is 0 Å². The first kappa shape index (κ1) is 11.7. The number of ether oxygens (including phenoxy) is 1. The maximum Gasteiger partial charge on any atom is 0.137 e. The maximum atomic E-state index is 6.21. The fourth-order valence-corrected chi connectivity index (χ4v) is 1.81. The van der Waals surface area contributed by atoms with Crippen molar-refractivity contribution >= 4 is 0 Å². The average Bonchev–Trinajstić information content (AvgIpc) is 2.86. The molecule has 2 aromatic rings. The van der Waals surface area contributed by atoms with Crippen LogP contribution in [0.25, 0.3) is 0 Å². The van der Waals surface area contributed by atoms with Gasteiger partial charge in [-0.3, -0.25) is 4.98 Å². The number of hydrogen-bond donors (Lipinski definition) is 1. The maximum absolute atomic E-state index is 6.21. The summed E-state index contributed by atoms with van der Waals surface area (Å²) in [4.78, 5) is 4.11. The zero-order chi connectivity index (χ0) is 12.3. The molecule has 0 radical (unpaired) electrons. The molecule has 2 rings (SSSR count). The lowest BCUT2D eigenvalue weighted by Gasteiger charge is -2.12. The highest BCUT2D eigenvalue weighted by atomic mass is 16.5. The molecule has 2 aromatic heterocycles. The van der Waals surface area contributed by atoms with Crippen LogP contribution in [0.15, 0.2) is 35.2 Å². The summed E-state index contributed by atoms with van der Waals surface area (Å²) in [6.07, 6.45) is 5.90. The van der Waals surface area contributed by atoms with Gasteiger partial charge < -0.3 is 14.9 Å². The first-order valence-electron chi connectivity index (χ1n) is 5.57. The van der Waals surface area contributed by atoms with E-state index in [0.717, 1.165) is 23.3 Å². The molecule has 0 fully saturated rings. The van der Waals surface area contributed by atoms with E-state index in [-0.39, 0.29) is 6.04 Å². The summed E-state index contributed by atoms with van der Waals surface area (Å²) in [6, 6.07) is 3.57. The van der Waals surface area contributed by atoms with Gasteiger partial charge in [-0.05, 0) is 17.7 Å². The Morgan fingerprint density at radius 1 is 1.47 bits per heavy atom. The number of rotatable bonds is 4. The molecule has 1 unspecified atom stereocenters. The van der Waals surface area contributed by atoms with Crippen LogP contribution in [-0.2, 0) is 6.42 Å². The van der Waals surface area contributed by atoms with Gasteiger partial charge >= 0.3 is 0 Å². The van der Waals surface area contributed by atoms with Crippen molar-refractivity contribution in [2.75, 3.05) is 7.11 Å². The van der Waals surface area contributed by atoms with E-state index in [1.165, 1.54) is 0 Å². The minimum atomic E-state index is -0.230. The highest BCUT2D eigenvalue weighted by Gasteiger charge is 2.15. The average molecular weight is 232 g/mol. The molecule has 1 atom stereocenters. The van der Waals surface area contributed by atoms with Crippen molar-refractivity contribution in [1.29, 1.82) is 0 Å². The molecule has 0 aliphatic carbocycles. The van der Waals surface area contributed by atoms with Crippen molar-refractivity contribution in [3.63, 3.8) is 0 Å². The first-order valence-corrected chi connectivity index (χ1v) is 5.57. The highest BCUT2D eigenvalue weighted by Crippen LogP contribution is 2.25. The van der Waals surface area contributed by atoms with Crippen LogP contribution in [0, 0.1) is 0 Å². The number of aryl methyl sites for hydroxylation is 1. The third-order valence-corrected chi connectivity index (χ3v) is 2.77. The van der Waals surface area contributed by atoms with Crippen LogP contribution in [-0.4, -0.2) is 12.1 Å². The SMILES string of the molecule is CCc1occc1C(N)c1cncc(OC)c1. The third kappa shape index (κ3) is 2.31. The van der Waals surface area contributed by atoms with Crippen LogP contribution in [0.5, 0.6) is 5.75 Å². The molecule has 0 spiro atoms. The van der Waals surface area contributed by atoms with E-state index >= 15 is 0 Å². The second-order valence-corrected chi connectivity index (χ2v) is 3.79. The van der Waals surface area contributed by atoms with Crippen molar-refractivity contribution in [2.45, 2.75) is 19.4 Å². The zero-order valence-corrected chi connectivity index (χ0v) is 10.0. The van der Waals surface area contributed by atoms with Gasteiger partial charge in [0.1, 0.15) is 11.5 Å². The second-order valence-electron chi connectivity index (χ2n) is 3.79. The molecule has 2 heterocycles. The summed E-state index contributed by atoms with van der Waals surface area (Å²) < 4.78 is 10.5. The summed E-state index contributed by atoms with van der Waals surface area (Å²) in [5.74, 6) is 1.62. The lowest BCUT2D eigenvalue weighted by molar-refractivity contribution is 0.412. The smallest absolute Gasteiger partial charge is 0.137 e. The van der Waals surface area contributed by atoms with E-state index in [9.17, 15) is 0 Å². The Balaban J connectivity index is 2.33. The summed E-state index contributed by atoms with van der Waals surface area (Å²) in [6.45, 7) is 2.04. The van der Waals surface area contributed by atoms with Crippen LogP contribution in [0.3, 0.4) is 0 Å². The van der Waals surface area contributed by atoms with Crippen molar-refractivity contribution < 1.29 is 9.15 Å². The number of methoxy groups -OCH3 is 1. The fraction of sp³-hybridized carbons (Fsp3) is 0.308. The van der Waals surface area contributed by atoms with Gasteiger partial charge in [0, 0.05) is 18.2 Å². The third-order valence-electron chi connectivity index (χ3n) is 2.77. The van der Waals surface area contributed by atoms with Gasteiger partial charge in [-0.2, -0.15) is 0 Å². The van der Waals surface area contributed by atoms with E-state index in [1.54, 1.807) is 25.8 Å². The van der Waals surface area contributed by atoms with Crippen LogP contribution in [0.1, 0.15) is 29.9 Å². The zero-order valence-electron chi connectivity index (χ0n) is 10.0. The molecule has 0 aliphatic heterocycles. The Bertz CT molecular complexity index is 494. The van der Waals surface area contributed by atoms with Gasteiger partial charge in [0.2, 0.25) is 0 Å². The van der Waals surface area contributed by atoms with E-state index in [0.29, 0.717) is 5.75 Å². The standard InChI is InChI=1S/C13H16N2O2/c1-3-12-11(4-5-17-12)13(14)9-6-10(16-2)8-15-7-9/h4-8,13H,3,14H2,1-2H3. The summed E-state index contributed by atoms with van der Waals surface area (Å²) in [7, 11) is 1.61. The largest absolute Gasteiger partial charge is 0.495 e. The van der Waals surface area contributed by atoms with Crippen LogP contribution in [0.2, 0.25) is 0 Å². The molecular weight excluding hydrogens is 216 g/mol. The Kier molecular flexibility index (Phi) is 3.44. The summed E-state index contributed by atoms with van der Waals surface area (Å²) >= 11 is 0. The number of nitrogens with zero attached hydrogens (tertiary/aromatic N) is 1. The molecule has 0 aliphatic rings. The molecule has 0 saturated carbocycles. The van der Waals surface area contributed by atoms with Crippen molar-refractivity contribution in [2.24, 2.45) is 5.73 Å². The van der Waals surface area contributed by atoms with E-state index in [4.69, 9.17) is 14.9 Å². The Hall–Kier alpha value is -1.81. The lowest BCUT2D eigenvalue weighted by atomic mass is 10.0. The Labute approximate surface area is 100 Å². The monoisotopic (exact) mass is 232 g/mol. The predicted molar refractivity (Wildman–Crippen MR) is 64.9 cm³/mol. The number of furan rings is 1. The van der Waals surface area contributed by atoms with Crippen LogP contribution >= 0.6 is 0 Å². The molecule has 0 amide bonds. The second kappa shape index (κ2) is 5.01. The molecule has 4 nitrogen and oxygen atoms in total. The molecular formula is C13H16N2O2. The minimum Gasteiger partial charge on any atom is -0.495 e. The number of pyridine rings is 1. The highest BCUT2D eigenvalue weighted by molar-refractivity contribution is 5.34. The summed E-state index contributed by atoms with van der Waals surface area (Å²) in [5, 5.41) is 0. The fourth-order valence-electron chi connectivity index (χ4n) is 1.81. The molecule has 0 saturated heterocycles. The number of nitrogens with two attached hydrogens (primary N) is 1. The molecule has 17 heavy (non-hydrogen) atoms. The predicted octanol–water partition coefficient (Wildman–Crippen LogP) is 2.29. The minimum absolute atomic E-state index is 0.230. The Morgan fingerprint density at radius 2 is 2.29 bits per heavy atom. The molecule has 0 aromatic carbocycles. The van der Waals surface area contributed by atoms with Crippen molar-refractivity contribution in [3.8, 4) is 5.75 Å². The number of aromatic nitrogens is 1. The van der Waals surface area contributed by atoms with Gasteiger partial charge in [-0.15, -0.1) is 0 Å². The summed E-state index contributed by atoms with van der Waals surface area (Å²) in [5.41, 5.74) is 8.12. The molecule has 0 bridgehead atoms. The van der Waals surface area contributed by atoms with E-state index in [2.05, 4.69) is 4.98 Å². The first-order chi connectivity index (χ1) is 8.26. The molecule has 4 heteroatoms. The molecule has 2 N–H and O–H groups in total. The van der Waals surface area contributed by atoms with E-state index in [1.807, 2.05) is 19.1 Å². The van der Waals surface area contributed by atoms with Gasteiger partial charge in [0.05, 0.1) is 25.6 Å².